The van der Waals surface area contributed by atoms with Gasteiger partial charge in [-0.1, -0.05) is 24.6 Å². The number of aryl methyl sites for hydroxylation is 3. The zero-order valence-corrected chi connectivity index (χ0v) is 12.9. The van der Waals surface area contributed by atoms with Crippen LogP contribution in [-0.2, 0) is 0 Å². The van der Waals surface area contributed by atoms with Crippen molar-refractivity contribution in [3.05, 3.63) is 28.8 Å². The lowest BCUT2D eigenvalue weighted by molar-refractivity contribution is 0.199. The van der Waals surface area contributed by atoms with Crippen LogP contribution in [0.3, 0.4) is 0 Å². The number of hydrogen-bond donors (Lipinski definition) is 1. The Labute approximate surface area is 118 Å². The number of benzene rings is 1. The number of piperidine rings is 1. The zero-order valence-electron chi connectivity index (χ0n) is 12.9. The second-order valence-electron chi connectivity index (χ2n) is 6.22. The molecule has 1 fully saturated rings. The highest BCUT2D eigenvalue weighted by Crippen LogP contribution is 2.22. The van der Waals surface area contributed by atoms with Gasteiger partial charge in [0.05, 0.1) is 0 Å². The molecule has 2 nitrogen and oxygen atoms in total. The Kier molecular flexibility index (Phi) is 4.87. The van der Waals surface area contributed by atoms with E-state index in [1.54, 1.807) is 0 Å². The standard InChI is InChI=1S/C17H28N2/c1-13-5-8-19(9-6-13)10-7-18-17-15(3)11-14(2)12-16(17)4/h11-13,18H,5-10H2,1-4H3. The molecule has 1 N–H and O–H groups in total. The van der Waals surface area contributed by atoms with Crippen LogP contribution in [0.1, 0.15) is 36.5 Å². The topological polar surface area (TPSA) is 15.3 Å². The molecular weight excluding hydrogens is 232 g/mol. The number of rotatable bonds is 4. The minimum atomic E-state index is 0.922. The van der Waals surface area contributed by atoms with Gasteiger partial charge < -0.3 is 10.2 Å². The Morgan fingerprint density at radius 3 is 2.26 bits per heavy atom. The molecule has 2 rings (SSSR count). The van der Waals surface area contributed by atoms with E-state index in [1.165, 1.54) is 54.9 Å². The fraction of sp³-hybridized carbons (Fsp3) is 0.647. The number of nitrogens with zero attached hydrogens (tertiary/aromatic N) is 1. The van der Waals surface area contributed by atoms with E-state index < -0.39 is 0 Å². The Bertz CT molecular complexity index is 394. The molecule has 1 aliphatic rings. The van der Waals surface area contributed by atoms with E-state index in [-0.39, 0.29) is 0 Å². The molecule has 0 radical (unpaired) electrons. The molecule has 19 heavy (non-hydrogen) atoms. The van der Waals surface area contributed by atoms with Gasteiger partial charge in [0, 0.05) is 18.8 Å². The largest absolute Gasteiger partial charge is 0.383 e. The quantitative estimate of drug-likeness (QED) is 0.887. The number of hydrogen-bond acceptors (Lipinski definition) is 2. The third-order valence-corrected chi connectivity index (χ3v) is 4.28. The zero-order chi connectivity index (χ0) is 13.8. The van der Waals surface area contributed by atoms with Crippen molar-refractivity contribution in [2.75, 3.05) is 31.5 Å². The van der Waals surface area contributed by atoms with E-state index in [1.807, 2.05) is 0 Å². The van der Waals surface area contributed by atoms with Gasteiger partial charge in [0.2, 0.25) is 0 Å². The van der Waals surface area contributed by atoms with Crippen LogP contribution in [0.5, 0.6) is 0 Å². The van der Waals surface area contributed by atoms with Gasteiger partial charge in [0.1, 0.15) is 0 Å². The number of anilines is 1. The summed E-state index contributed by atoms with van der Waals surface area (Å²) in [5.74, 6) is 0.922. The predicted octanol–water partition coefficient (Wildman–Crippen LogP) is 3.76. The Hall–Kier alpha value is -1.02. The monoisotopic (exact) mass is 260 g/mol. The summed E-state index contributed by atoms with van der Waals surface area (Å²) in [5.41, 5.74) is 5.41. The van der Waals surface area contributed by atoms with Crippen LogP contribution in [0.2, 0.25) is 0 Å². The molecule has 1 heterocycles. The van der Waals surface area contributed by atoms with Crippen molar-refractivity contribution < 1.29 is 0 Å². The molecule has 1 aromatic carbocycles. The van der Waals surface area contributed by atoms with Crippen LogP contribution in [0.15, 0.2) is 12.1 Å². The second kappa shape index (κ2) is 6.42. The first-order valence-corrected chi connectivity index (χ1v) is 7.60. The molecular formula is C17H28N2. The SMILES string of the molecule is Cc1cc(C)c(NCCN2CCC(C)CC2)c(C)c1. The van der Waals surface area contributed by atoms with Gasteiger partial charge in [-0.15, -0.1) is 0 Å². The van der Waals surface area contributed by atoms with Crippen molar-refractivity contribution in [3.63, 3.8) is 0 Å². The summed E-state index contributed by atoms with van der Waals surface area (Å²) in [6.07, 6.45) is 2.73. The van der Waals surface area contributed by atoms with Gasteiger partial charge in [-0.25, -0.2) is 0 Å². The summed E-state index contributed by atoms with van der Waals surface area (Å²) in [7, 11) is 0. The summed E-state index contributed by atoms with van der Waals surface area (Å²) >= 11 is 0. The fourth-order valence-corrected chi connectivity index (χ4v) is 3.08. The maximum atomic E-state index is 3.63. The van der Waals surface area contributed by atoms with Crippen molar-refractivity contribution in [2.45, 2.75) is 40.5 Å². The maximum Gasteiger partial charge on any atom is 0.0400 e. The van der Waals surface area contributed by atoms with Crippen LogP contribution in [0, 0.1) is 26.7 Å². The van der Waals surface area contributed by atoms with Crippen molar-refractivity contribution in [1.82, 2.24) is 4.90 Å². The fourth-order valence-electron chi connectivity index (χ4n) is 3.08. The van der Waals surface area contributed by atoms with Gasteiger partial charge in [-0.2, -0.15) is 0 Å². The lowest BCUT2D eigenvalue weighted by atomic mass is 9.99. The average Bonchev–Trinajstić information content (AvgIpc) is 2.34. The smallest absolute Gasteiger partial charge is 0.0400 e. The van der Waals surface area contributed by atoms with Gasteiger partial charge in [-0.3, -0.25) is 0 Å². The normalized spacial score (nSPS) is 17.7. The van der Waals surface area contributed by atoms with E-state index >= 15 is 0 Å². The highest BCUT2D eigenvalue weighted by atomic mass is 15.1. The molecule has 0 unspecified atom stereocenters. The predicted molar refractivity (Wildman–Crippen MR) is 84.0 cm³/mol. The minimum absolute atomic E-state index is 0.922. The van der Waals surface area contributed by atoms with E-state index in [0.717, 1.165) is 12.5 Å². The highest BCUT2D eigenvalue weighted by molar-refractivity contribution is 5.58. The molecule has 0 aromatic heterocycles. The Balaban J connectivity index is 1.83. The first-order valence-electron chi connectivity index (χ1n) is 7.60. The molecule has 1 saturated heterocycles. The van der Waals surface area contributed by atoms with E-state index in [0.29, 0.717) is 0 Å². The molecule has 1 aromatic rings. The van der Waals surface area contributed by atoms with Gasteiger partial charge in [-0.05, 0) is 63.7 Å². The molecule has 106 valence electrons. The van der Waals surface area contributed by atoms with Gasteiger partial charge in [0.25, 0.3) is 0 Å². The average molecular weight is 260 g/mol. The summed E-state index contributed by atoms with van der Waals surface area (Å²) < 4.78 is 0. The third kappa shape index (κ3) is 3.97. The highest BCUT2D eigenvalue weighted by Gasteiger charge is 2.15. The first kappa shape index (κ1) is 14.4. The Morgan fingerprint density at radius 2 is 1.68 bits per heavy atom. The van der Waals surface area contributed by atoms with E-state index in [2.05, 4.69) is 50.0 Å². The molecule has 0 atom stereocenters. The van der Waals surface area contributed by atoms with Gasteiger partial charge in [0.15, 0.2) is 0 Å². The molecule has 0 aliphatic carbocycles. The summed E-state index contributed by atoms with van der Waals surface area (Å²) in [4.78, 5) is 2.59. The van der Waals surface area contributed by atoms with Gasteiger partial charge >= 0.3 is 0 Å². The number of nitrogens with one attached hydrogen (secondary N) is 1. The summed E-state index contributed by atoms with van der Waals surface area (Å²) in [6.45, 7) is 13.7. The lowest BCUT2D eigenvalue weighted by Crippen LogP contribution is -2.36. The summed E-state index contributed by atoms with van der Waals surface area (Å²) in [5, 5.41) is 3.63. The van der Waals surface area contributed by atoms with Crippen LogP contribution >= 0.6 is 0 Å². The van der Waals surface area contributed by atoms with Crippen LogP contribution in [0.25, 0.3) is 0 Å². The molecule has 0 bridgehead atoms. The third-order valence-electron chi connectivity index (χ3n) is 4.28. The number of likely N-dealkylation sites (tertiary alicyclic amines) is 1. The first-order chi connectivity index (χ1) is 9.06. The van der Waals surface area contributed by atoms with E-state index in [9.17, 15) is 0 Å². The minimum Gasteiger partial charge on any atom is -0.383 e. The van der Waals surface area contributed by atoms with Crippen LogP contribution in [-0.4, -0.2) is 31.1 Å². The van der Waals surface area contributed by atoms with Crippen molar-refractivity contribution >= 4 is 5.69 Å². The van der Waals surface area contributed by atoms with Crippen LogP contribution in [0.4, 0.5) is 5.69 Å². The second-order valence-corrected chi connectivity index (χ2v) is 6.22. The lowest BCUT2D eigenvalue weighted by Gasteiger charge is -2.30. The maximum absolute atomic E-state index is 3.63. The molecule has 0 saturated carbocycles. The summed E-state index contributed by atoms with van der Waals surface area (Å²) in [6, 6.07) is 4.52. The molecule has 1 aliphatic heterocycles. The van der Waals surface area contributed by atoms with Crippen molar-refractivity contribution in [2.24, 2.45) is 5.92 Å². The molecule has 2 heteroatoms. The van der Waals surface area contributed by atoms with Crippen molar-refractivity contribution in [3.8, 4) is 0 Å². The molecule has 0 spiro atoms. The van der Waals surface area contributed by atoms with E-state index in [4.69, 9.17) is 0 Å². The van der Waals surface area contributed by atoms with Crippen molar-refractivity contribution in [1.29, 1.82) is 0 Å². The Morgan fingerprint density at radius 1 is 1.11 bits per heavy atom. The molecule has 0 amide bonds. The van der Waals surface area contributed by atoms with Crippen LogP contribution < -0.4 is 5.32 Å².